The first-order valence-corrected chi connectivity index (χ1v) is 8.39. The summed E-state index contributed by atoms with van der Waals surface area (Å²) in [6, 6.07) is 14.3. The molecule has 4 rings (SSSR count). The molecule has 4 nitrogen and oxygen atoms in total. The maximum atomic E-state index is 13.6. The van der Waals surface area contributed by atoms with Crippen molar-refractivity contribution in [2.75, 3.05) is 19.8 Å². The van der Waals surface area contributed by atoms with E-state index in [-0.39, 0.29) is 17.4 Å². The van der Waals surface area contributed by atoms with Gasteiger partial charge in [0.1, 0.15) is 5.82 Å². The third-order valence-corrected chi connectivity index (χ3v) is 4.74. The Kier molecular flexibility index (Phi) is 4.34. The van der Waals surface area contributed by atoms with Gasteiger partial charge >= 0.3 is 0 Å². The Morgan fingerprint density at radius 1 is 1.16 bits per heavy atom. The zero-order chi connectivity index (χ0) is 17.2. The molecule has 1 atom stereocenters. The highest BCUT2D eigenvalue weighted by atomic mass is 19.1. The Morgan fingerprint density at radius 2 is 2.00 bits per heavy atom. The van der Waals surface area contributed by atoms with Crippen molar-refractivity contribution in [2.24, 2.45) is 0 Å². The van der Waals surface area contributed by atoms with Crippen molar-refractivity contribution < 1.29 is 9.13 Å². The second-order valence-electron chi connectivity index (χ2n) is 6.30. The third-order valence-electron chi connectivity index (χ3n) is 4.74. The molecule has 0 amide bonds. The van der Waals surface area contributed by atoms with Gasteiger partial charge in [0.05, 0.1) is 19.3 Å². The van der Waals surface area contributed by atoms with E-state index in [0.717, 1.165) is 23.1 Å². The number of aromatic nitrogens is 1. The van der Waals surface area contributed by atoms with Crippen LogP contribution in [-0.4, -0.2) is 29.6 Å². The number of pyridine rings is 1. The lowest BCUT2D eigenvalue weighted by Gasteiger charge is -2.36. The summed E-state index contributed by atoms with van der Waals surface area (Å²) in [6.45, 7) is 2.61. The fourth-order valence-corrected chi connectivity index (χ4v) is 3.47. The number of aromatic amines is 1. The molecule has 1 aliphatic rings. The van der Waals surface area contributed by atoms with Crippen LogP contribution in [0.3, 0.4) is 0 Å². The van der Waals surface area contributed by atoms with Gasteiger partial charge in [-0.1, -0.05) is 30.3 Å². The van der Waals surface area contributed by atoms with E-state index in [4.69, 9.17) is 4.74 Å². The van der Waals surface area contributed by atoms with Gasteiger partial charge in [0, 0.05) is 24.7 Å². The Balaban J connectivity index is 1.69. The van der Waals surface area contributed by atoms with Gasteiger partial charge in [0.2, 0.25) is 0 Å². The molecule has 1 unspecified atom stereocenters. The van der Waals surface area contributed by atoms with Crippen LogP contribution in [0.15, 0.2) is 59.5 Å². The van der Waals surface area contributed by atoms with E-state index in [9.17, 15) is 9.18 Å². The maximum absolute atomic E-state index is 13.6. The van der Waals surface area contributed by atoms with Gasteiger partial charge < -0.3 is 9.72 Å². The van der Waals surface area contributed by atoms with E-state index < -0.39 is 0 Å². The van der Waals surface area contributed by atoms with Crippen LogP contribution in [0.5, 0.6) is 0 Å². The van der Waals surface area contributed by atoms with Crippen LogP contribution in [0.4, 0.5) is 4.39 Å². The molecule has 0 radical (unpaired) electrons. The summed E-state index contributed by atoms with van der Waals surface area (Å²) in [6.07, 6.45) is 1.78. The van der Waals surface area contributed by atoms with Gasteiger partial charge in [-0.05, 0) is 34.7 Å². The van der Waals surface area contributed by atoms with Crippen molar-refractivity contribution in [3.05, 3.63) is 82.0 Å². The number of nitrogens with one attached hydrogen (secondary N) is 1. The molecule has 0 aliphatic carbocycles. The number of halogens is 1. The van der Waals surface area contributed by atoms with Crippen molar-refractivity contribution in [1.82, 2.24) is 9.88 Å². The highest BCUT2D eigenvalue weighted by molar-refractivity contribution is 5.84. The second kappa shape index (κ2) is 6.78. The minimum absolute atomic E-state index is 0.00450. The van der Waals surface area contributed by atoms with Crippen LogP contribution in [-0.2, 0) is 11.3 Å². The fourth-order valence-electron chi connectivity index (χ4n) is 3.47. The van der Waals surface area contributed by atoms with Crippen LogP contribution in [0.25, 0.3) is 10.8 Å². The number of morpholine rings is 1. The van der Waals surface area contributed by atoms with Gasteiger partial charge in [0.25, 0.3) is 5.56 Å². The standard InChI is InChI=1S/C20H19FN2O2/c21-16-5-3-4-14(10-16)19-13-25-9-8-23(19)12-15-11-22-20(24)18-7-2-1-6-17(15)18/h1-7,10-11,19H,8-9,12-13H2,(H,22,24). The highest BCUT2D eigenvalue weighted by Crippen LogP contribution is 2.27. The fraction of sp³-hybridized carbons (Fsp3) is 0.250. The number of nitrogens with zero attached hydrogens (tertiary/aromatic N) is 1. The summed E-state index contributed by atoms with van der Waals surface area (Å²) < 4.78 is 19.3. The molecule has 2 heterocycles. The van der Waals surface area contributed by atoms with Gasteiger partial charge in [-0.3, -0.25) is 9.69 Å². The Hall–Kier alpha value is -2.50. The summed E-state index contributed by atoms with van der Waals surface area (Å²) in [5.74, 6) is -0.238. The number of rotatable bonds is 3. The SMILES string of the molecule is O=c1[nH]cc(CN2CCOCC2c2cccc(F)c2)c2ccccc12. The van der Waals surface area contributed by atoms with E-state index >= 15 is 0 Å². The molecule has 128 valence electrons. The monoisotopic (exact) mass is 338 g/mol. The van der Waals surface area contributed by atoms with E-state index in [0.29, 0.717) is 25.1 Å². The summed E-state index contributed by atoms with van der Waals surface area (Å²) >= 11 is 0. The number of benzene rings is 2. The molecule has 25 heavy (non-hydrogen) atoms. The van der Waals surface area contributed by atoms with Gasteiger partial charge in [-0.25, -0.2) is 4.39 Å². The molecule has 1 N–H and O–H groups in total. The van der Waals surface area contributed by atoms with Crippen molar-refractivity contribution in [2.45, 2.75) is 12.6 Å². The number of fused-ring (bicyclic) bond motifs is 1. The molecule has 5 heteroatoms. The van der Waals surface area contributed by atoms with Crippen LogP contribution < -0.4 is 5.56 Å². The zero-order valence-electron chi connectivity index (χ0n) is 13.7. The largest absolute Gasteiger partial charge is 0.378 e. The minimum Gasteiger partial charge on any atom is -0.378 e. The lowest BCUT2D eigenvalue weighted by atomic mass is 10.0. The predicted octanol–water partition coefficient (Wildman–Crippen LogP) is 3.24. The summed E-state index contributed by atoms with van der Waals surface area (Å²) in [5.41, 5.74) is 1.88. The lowest BCUT2D eigenvalue weighted by molar-refractivity contribution is -0.0126. The molecule has 1 saturated heterocycles. The van der Waals surface area contributed by atoms with Crippen LogP contribution in [0.1, 0.15) is 17.2 Å². The van der Waals surface area contributed by atoms with Gasteiger partial charge in [-0.2, -0.15) is 0 Å². The van der Waals surface area contributed by atoms with Crippen LogP contribution >= 0.6 is 0 Å². The van der Waals surface area contributed by atoms with Gasteiger partial charge in [0.15, 0.2) is 0 Å². The normalized spacial score (nSPS) is 18.5. The van der Waals surface area contributed by atoms with E-state index in [1.54, 1.807) is 18.3 Å². The summed E-state index contributed by atoms with van der Waals surface area (Å²) in [7, 11) is 0. The molecule has 0 spiro atoms. The van der Waals surface area contributed by atoms with E-state index in [1.165, 1.54) is 6.07 Å². The number of H-pyrrole nitrogens is 1. The van der Waals surface area contributed by atoms with Crippen LogP contribution in [0, 0.1) is 5.82 Å². The maximum Gasteiger partial charge on any atom is 0.255 e. The molecule has 0 bridgehead atoms. The van der Waals surface area contributed by atoms with Crippen molar-refractivity contribution >= 4 is 10.8 Å². The average Bonchev–Trinajstić information content (AvgIpc) is 2.65. The number of ether oxygens (including phenoxy) is 1. The predicted molar refractivity (Wildman–Crippen MR) is 94.9 cm³/mol. The van der Waals surface area contributed by atoms with E-state index in [2.05, 4.69) is 9.88 Å². The van der Waals surface area contributed by atoms with E-state index in [1.807, 2.05) is 30.3 Å². The summed E-state index contributed by atoms with van der Waals surface area (Å²) in [4.78, 5) is 17.1. The lowest BCUT2D eigenvalue weighted by Crippen LogP contribution is -2.39. The number of hydrogen-bond donors (Lipinski definition) is 1. The molecule has 2 aromatic carbocycles. The summed E-state index contributed by atoms with van der Waals surface area (Å²) in [5, 5.41) is 1.64. The van der Waals surface area contributed by atoms with Gasteiger partial charge in [-0.15, -0.1) is 0 Å². The number of hydrogen-bond acceptors (Lipinski definition) is 3. The second-order valence-corrected chi connectivity index (χ2v) is 6.30. The first kappa shape index (κ1) is 16.0. The molecule has 3 aromatic rings. The first-order chi connectivity index (χ1) is 12.2. The Bertz CT molecular complexity index is 954. The average molecular weight is 338 g/mol. The highest BCUT2D eigenvalue weighted by Gasteiger charge is 2.25. The molecule has 1 aromatic heterocycles. The van der Waals surface area contributed by atoms with Crippen molar-refractivity contribution in [1.29, 1.82) is 0 Å². The molecule has 0 saturated carbocycles. The smallest absolute Gasteiger partial charge is 0.255 e. The third kappa shape index (κ3) is 3.21. The van der Waals surface area contributed by atoms with Crippen molar-refractivity contribution in [3.63, 3.8) is 0 Å². The Labute approximate surface area is 144 Å². The van der Waals surface area contributed by atoms with Crippen molar-refractivity contribution in [3.8, 4) is 0 Å². The zero-order valence-corrected chi connectivity index (χ0v) is 13.7. The molecule has 1 aliphatic heterocycles. The molecule has 1 fully saturated rings. The molecular weight excluding hydrogens is 319 g/mol. The minimum atomic E-state index is -0.238. The topological polar surface area (TPSA) is 45.3 Å². The quantitative estimate of drug-likeness (QED) is 0.797. The van der Waals surface area contributed by atoms with Crippen LogP contribution in [0.2, 0.25) is 0 Å². The molecular formula is C20H19FN2O2. The Morgan fingerprint density at radius 3 is 2.84 bits per heavy atom. The first-order valence-electron chi connectivity index (χ1n) is 8.39.